The van der Waals surface area contributed by atoms with Crippen molar-refractivity contribution < 1.29 is 14.7 Å². The van der Waals surface area contributed by atoms with Crippen LogP contribution in [0.25, 0.3) is 0 Å². The summed E-state index contributed by atoms with van der Waals surface area (Å²) in [6.07, 6.45) is 0.409. The lowest BCUT2D eigenvalue weighted by Gasteiger charge is -2.10. The van der Waals surface area contributed by atoms with Crippen molar-refractivity contribution in [2.45, 2.75) is 12.5 Å². The second-order valence-corrected chi connectivity index (χ2v) is 5.42. The van der Waals surface area contributed by atoms with E-state index in [4.69, 9.17) is 0 Å². The molecule has 1 saturated heterocycles. The van der Waals surface area contributed by atoms with Gasteiger partial charge in [-0.05, 0) is 35.2 Å². The molecule has 3 amide bonds. The van der Waals surface area contributed by atoms with Crippen LogP contribution in [0.2, 0.25) is 0 Å². The maximum atomic E-state index is 12.3. The van der Waals surface area contributed by atoms with Crippen molar-refractivity contribution in [2.75, 3.05) is 4.90 Å². The van der Waals surface area contributed by atoms with Crippen LogP contribution in [0.5, 0.6) is 5.75 Å². The molecular formula is C14H12N2O3S. The summed E-state index contributed by atoms with van der Waals surface area (Å²) in [4.78, 5) is 25.4. The molecule has 1 atom stereocenters. The molecule has 2 N–H and O–H groups in total. The van der Waals surface area contributed by atoms with Crippen molar-refractivity contribution >= 4 is 28.3 Å². The number of rotatable bonds is 3. The SMILES string of the molecule is O=C1NC(Cc2ccc(O)cc2)C(=O)N1c1cccs1. The van der Waals surface area contributed by atoms with Crippen LogP contribution in [0.15, 0.2) is 41.8 Å². The highest BCUT2D eigenvalue weighted by molar-refractivity contribution is 7.14. The van der Waals surface area contributed by atoms with Crippen molar-refractivity contribution in [3.05, 3.63) is 47.3 Å². The lowest BCUT2D eigenvalue weighted by atomic mass is 10.1. The second-order valence-electron chi connectivity index (χ2n) is 4.50. The topological polar surface area (TPSA) is 69.6 Å². The summed E-state index contributed by atoms with van der Waals surface area (Å²) in [5.41, 5.74) is 0.884. The van der Waals surface area contributed by atoms with Gasteiger partial charge >= 0.3 is 6.03 Å². The number of thiophene rings is 1. The number of anilines is 1. The van der Waals surface area contributed by atoms with Gasteiger partial charge in [-0.3, -0.25) is 4.79 Å². The normalized spacial score (nSPS) is 18.4. The summed E-state index contributed by atoms with van der Waals surface area (Å²) in [6.45, 7) is 0. The Hall–Kier alpha value is -2.34. The highest BCUT2D eigenvalue weighted by Gasteiger charge is 2.39. The largest absolute Gasteiger partial charge is 0.508 e. The zero-order valence-corrected chi connectivity index (χ0v) is 11.3. The average molecular weight is 288 g/mol. The molecule has 3 rings (SSSR count). The van der Waals surface area contributed by atoms with Crippen molar-refractivity contribution in [1.82, 2.24) is 5.32 Å². The number of imide groups is 1. The molecule has 0 aliphatic carbocycles. The number of hydrogen-bond donors (Lipinski definition) is 2. The second kappa shape index (κ2) is 4.97. The first kappa shape index (κ1) is 12.7. The van der Waals surface area contributed by atoms with Gasteiger partial charge in [0.15, 0.2) is 0 Å². The van der Waals surface area contributed by atoms with Gasteiger partial charge in [-0.2, -0.15) is 0 Å². The Balaban J connectivity index is 1.78. The standard InChI is InChI=1S/C14H12N2O3S/c17-10-5-3-9(4-6-10)8-11-13(18)16(14(19)15-11)12-2-1-7-20-12/h1-7,11,17H,8H2,(H,15,19). The van der Waals surface area contributed by atoms with Gasteiger partial charge in [0, 0.05) is 6.42 Å². The summed E-state index contributed by atoms with van der Waals surface area (Å²) in [5, 5.41) is 14.4. The number of benzene rings is 1. The van der Waals surface area contributed by atoms with Crippen LogP contribution in [-0.2, 0) is 11.2 Å². The first-order valence-corrected chi connectivity index (χ1v) is 6.99. The van der Waals surface area contributed by atoms with Gasteiger partial charge in [0.25, 0.3) is 5.91 Å². The predicted molar refractivity (Wildman–Crippen MR) is 75.9 cm³/mol. The van der Waals surface area contributed by atoms with Crippen LogP contribution in [-0.4, -0.2) is 23.1 Å². The molecule has 1 aromatic heterocycles. The van der Waals surface area contributed by atoms with Gasteiger partial charge in [0.05, 0.1) is 0 Å². The van der Waals surface area contributed by atoms with Crippen molar-refractivity contribution in [3.8, 4) is 5.75 Å². The molecule has 0 radical (unpaired) electrons. The molecule has 0 bridgehead atoms. The number of phenols is 1. The minimum Gasteiger partial charge on any atom is -0.508 e. The first-order valence-electron chi connectivity index (χ1n) is 6.11. The molecule has 102 valence electrons. The average Bonchev–Trinajstić information content (AvgIpc) is 3.02. The van der Waals surface area contributed by atoms with E-state index in [1.165, 1.54) is 16.2 Å². The fraction of sp³-hybridized carbons (Fsp3) is 0.143. The van der Waals surface area contributed by atoms with Crippen molar-refractivity contribution in [2.24, 2.45) is 0 Å². The number of nitrogens with zero attached hydrogens (tertiary/aromatic N) is 1. The Morgan fingerprint density at radius 3 is 2.60 bits per heavy atom. The van der Waals surface area contributed by atoms with Gasteiger partial charge in [0.1, 0.15) is 16.8 Å². The maximum absolute atomic E-state index is 12.3. The molecule has 0 spiro atoms. The minimum absolute atomic E-state index is 0.177. The molecule has 6 heteroatoms. The maximum Gasteiger partial charge on any atom is 0.330 e. The number of urea groups is 1. The monoisotopic (exact) mass is 288 g/mol. The van der Waals surface area contributed by atoms with E-state index in [-0.39, 0.29) is 17.7 Å². The Morgan fingerprint density at radius 1 is 1.20 bits per heavy atom. The van der Waals surface area contributed by atoms with Crippen molar-refractivity contribution in [3.63, 3.8) is 0 Å². The third-order valence-corrected chi connectivity index (χ3v) is 3.98. The van der Waals surface area contributed by atoms with Crippen molar-refractivity contribution in [1.29, 1.82) is 0 Å². The summed E-state index contributed by atoms with van der Waals surface area (Å²) in [6, 6.07) is 9.20. The third-order valence-electron chi connectivity index (χ3n) is 3.12. The van der Waals surface area contributed by atoms with Gasteiger partial charge in [-0.25, -0.2) is 9.69 Å². The van der Waals surface area contributed by atoms with Crippen LogP contribution >= 0.6 is 11.3 Å². The van der Waals surface area contributed by atoms with Crippen LogP contribution in [0.1, 0.15) is 5.56 Å². The van der Waals surface area contributed by atoms with E-state index in [0.29, 0.717) is 11.4 Å². The summed E-state index contributed by atoms with van der Waals surface area (Å²) < 4.78 is 0. The molecule has 0 saturated carbocycles. The lowest BCUT2D eigenvalue weighted by Crippen LogP contribution is -2.32. The number of carbonyl (C=O) groups excluding carboxylic acids is 2. The Kier molecular flexibility index (Phi) is 3.15. The van der Waals surface area contributed by atoms with E-state index < -0.39 is 6.04 Å². The van der Waals surface area contributed by atoms with Crippen LogP contribution in [0.3, 0.4) is 0 Å². The van der Waals surface area contributed by atoms with Gasteiger partial charge < -0.3 is 10.4 Å². The molecule has 1 fully saturated rings. The summed E-state index contributed by atoms with van der Waals surface area (Å²) >= 11 is 1.35. The molecule has 1 aliphatic rings. The zero-order valence-electron chi connectivity index (χ0n) is 10.4. The summed E-state index contributed by atoms with van der Waals surface area (Å²) in [7, 11) is 0. The van der Waals surface area contributed by atoms with E-state index >= 15 is 0 Å². The van der Waals surface area contributed by atoms with Gasteiger partial charge in [-0.15, -0.1) is 11.3 Å². The molecule has 2 aromatic rings. The predicted octanol–water partition coefficient (Wildman–Crippen LogP) is 2.12. The van der Waals surface area contributed by atoms with Gasteiger partial charge in [-0.1, -0.05) is 12.1 Å². The number of carbonyl (C=O) groups is 2. The number of amides is 3. The first-order chi connectivity index (χ1) is 9.65. The quantitative estimate of drug-likeness (QED) is 0.850. The Bertz CT molecular complexity index is 637. The molecule has 5 nitrogen and oxygen atoms in total. The fourth-order valence-corrected chi connectivity index (χ4v) is 2.88. The Labute approximate surface area is 119 Å². The highest BCUT2D eigenvalue weighted by atomic mass is 32.1. The smallest absolute Gasteiger partial charge is 0.330 e. The minimum atomic E-state index is -0.561. The van der Waals surface area contributed by atoms with E-state index in [2.05, 4.69) is 5.32 Å². The molecular weight excluding hydrogens is 276 g/mol. The molecule has 1 aliphatic heterocycles. The van der Waals surface area contributed by atoms with E-state index in [1.54, 1.807) is 36.4 Å². The zero-order chi connectivity index (χ0) is 14.1. The molecule has 20 heavy (non-hydrogen) atoms. The number of nitrogens with one attached hydrogen (secondary N) is 1. The third kappa shape index (κ3) is 2.25. The fourth-order valence-electron chi connectivity index (χ4n) is 2.14. The number of phenolic OH excluding ortho intramolecular Hbond substituents is 1. The van der Waals surface area contributed by atoms with E-state index in [0.717, 1.165) is 5.56 Å². The highest BCUT2D eigenvalue weighted by Crippen LogP contribution is 2.25. The molecule has 2 heterocycles. The van der Waals surface area contributed by atoms with Crippen LogP contribution in [0, 0.1) is 0 Å². The summed E-state index contributed by atoms with van der Waals surface area (Å²) in [5.74, 6) is -0.0683. The molecule has 1 aromatic carbocycles. The number of aromatic hydroxyl groups is 1. The van der Waals surface area contributed by atoms with Crippen LogP contribution in [0.4, 0.5) is 9.80 Å². The van der Waals surface area contributed by atoms with Crippen LogP contribution < -0.4 is 10.2 Å². The lowest BCUT2D eigenvalue weighted by molar-refractivity contribution is -0.118. The van der Waals surface area contributed by atoms with E-state index in [9.17, 15) is 14.7 Å². The van der Waals surface area contributed by atoms with Gasteiger partial charge in [0.2, 0.25) is 0 Å². The van der Waals surface area contributed by atoms with E-state index in [1.807, 2.05) is 5.38 Å². The number of hydrogen-bond acceptors (Lipinski definition) is 4. The molecule has 1 unspecified atom stereocenters. The Morgan fingerprint density at radius 2 is 1.95 bits per heavy atom.